The van der Waals surface area contributed by atoms with Gasteiger partial charge in [-0.1, -0.05) is 5.16 Å². The third kappa shape index (κ3) is 2.91. The first-order valence-electron chi connectivity index (χ1n) is 5.85. The van der Waals surface area contributed by atoms with Gasteiger partial charge in [0.15, 0.2) is 5.82 Å². The molecule has 0 aliphatic heterocycles. The molecule has 21 heavy (non-hydrogen) atoms. The summed E-state index contributed by atoms with van der Waals surface area (Å²) in [6, 6.07) is 4.51. The lowest BCUT2D eigenvalue weighted by Gasteiger charge is -2.05. The van der Waals surface area contributed by atoms with Crippen LogP contribution < -0.4 is 0 Å². The predicted molar refractivity (Wildman–Crippen MR) is 63.9 cm³/mol. The summed E-state index contributed by atoms with van der Waals surface area (Å²) in [6.07, 6.45) is -1.50. The maximum Gasteiger partial charge on any atom is 0.416 e. The van der Waals surface area contributed by atoms with Gasteiger partial charge in [0.1, 0.15) is 19.2 Å². The van der Waals surface area contributed by atoms with Crippen LogP contribution in [0.15, 0.2) is 41.4 Å². The van der Waals surface area contributed by atoms with Gasteiger partial charge in [-0.2, -0.15) is 23.3 Å². The van der Waals surface area contributed by atoms with Gasteiger partial charge in [-0.05, 0) is 24.3 Å². The summed E-state index contributed by atoms with van der Waals surface area (Å²) in [4.78, 5) is 7.87. The first-order chi connectivity index (χ1) is 10.0. The van der Waals surface area contributed by atoms with Gasteiger partial charge < -0.3 is 4.52 Å². The Bertz CT molecular complexity index is 718. The number of hydrogen-bond acceptors (Lipinski definition) is 5. The van der Waals surface area contributed by atoms with Crippen molar-refractivity contribution < 1.29 is 17.7 Å². The van der Waals surface area contributed by atoms with Crippen molar-refractivity contribution in [3.05, 3.63) is 48.3 Å². The Hall–Kier alpha value is -2.71. The maximum absolute atomic E-state index is 12.5. The molecule has 3 rings (SSSR count). The van der Waals surface area contributed by atoms with Crippen LogP contribution in [0.5, 0.6) is 0 Å². The SMILES string of the molecule is FC(F)(F)c1ccc(-c2nc(Cn3cncn3)no2)cc1. The van der Waals surface area contributed by atoms with Crippen molar-refractivity contribution in [2.45, 2.75) is 12.7 Å². The number of benzene rings is 1. The van der Waals surface area contributed by atoms with E-state index in [1.54, 1.807) is 0 Å². The highest BCUT2D eigenvalue weighted by molar-refractivity contribution is 5.53. The fraction of sp³-hybridized carbons (Fsp3) is 0.167. The van der Waals surface area contributed by atoms with Gasteiger partial charge in [0.2, 0.25) is 0 Å². The number of nitrogens with zero attached hydrogens (tertiary/aromatic N) is 5. The summed E-state index contributed by atoms with van der Waals surface area (Å²) in [5, 5.41) is 7.63. The molecule has 2 heterocycles. The highest BCUT2D eigenvalue weighted by atomic mass is 19.4. The van der Waals surface area contributed by atoms with E-state index in [-0.39, 0.29) is 12.4 Å². The molecule has 2 aromatic heterocycles. The van der Waals surface area contributed by atoms with E-state index in [4.69, 9.17) is 4.52 Å². The molecular formula is C12H8F3N5O. The topological polar surface area (TPSA) is 69.6 Å². The Morgan fingerprint density at radius 2 is 1.90 bits per heavy atom. The van der Waals surface area contributed by atoms with E-state index in [1.165, 1.54) is 29.5 Å². The van der Waals surface area contributed by atoms with Crippen molar-refractivity contribution in [3.8, 4) is 11.5 Å². The average Bonchev–Trinajstić information content (AvgIpc) is 3.10. The molecular weight excluding hydrogens is 287 g/mol. The van der Waals surface area contributed by atoms with E-state index in [0.29, 0.717) is 11.4 Å². The van der Waals surface area contributed by atoms with Crippen molar-refractivity contribution in [2.24, 2.45) is 0 Å². The lowest BCUT2D eigenvalue weighted by molar-refractivity contribution is -0.137. The molecule has 0 amide bonds. The van der Waals surface area contributed by atoms with E-state index in [9.17, 15) is 13.2 Å². The second-order valence-electron chi connectivity index (χ2n) is 4.18. The zero-order chi connectivity index (χ0) is 14.9. The molecule has 6 nitrogen and oxygen atoms in total. The molecule has 1 aromatic carbocycles. The van der Waals surface area contributed by atoms with Gasteiger partial charge >= 0.3 is 6.18 Å². The minimum absolute atomic E-state index is 0.152. The smallest absolute Gasteiger partial charge is 0.334 e. The standard InChI is InChI=1S/C12H8F3N5O/c13-12(14,15)9-3-1-8(2-4-9)11-18-10(19-21-11)5-20-7-16-6-17-20/h1-4,6-7H,5H2. The van der Waals surface area contributed by atoms with Gasteiger partial charge in [0.25, 0.3) is 5.89 Å². The zero-order valence-corrected chi connectivity index (χ0v) is 10.4. The molecule has 0 saturated heterocycles. The maximum atomic E-state index is 12.5. The van der Waals surface area contributed by atoms with Crippen LogP contribution in [0.2, 0.25) is 0 Å². The highest BCUT2D eigenvalue weighted by Gasteiger charge is 2.30. The first-order valence-corrected chi connectivity index (χ1v) is 5.85. The summed E-state index contributed by atoms with van der Waals surface area (Å²) in [6.45, 7) is 0.268. The Morgan fingerprint density at radius 1 is 1.14 bits per heavy atom. The predicted octanol–water partition coefficient (Wildman–Crippen LogP) is 2.40. The Kier molecular flexibility index (Phi) is 3.16. The average molecular weight is 295 g/mol. The number of halogens is 3. The monoisotopic (exact) mass is 295 g/mol. The number of rotatable bonds is 3. The summed E-state index contributed by atoms with van der Waals surface area (Å²) >= 11 is 0. The normalized spacial score (nSPS) is 11.8. The molecule has 0 N–H and O–H groups in total. The lowest BCUT2D eigenvalue weighted by atomic mass is 10.1. The summed E-state index contributed by atoms with van der Waals surface area (Å²) in [5.41, 5.74) is -0.311. The Balaban J connectivity index is 1.80. The van der Waals surface area contributed by atoms with E-state index < -0.39 is 11.7 Å². The van der Waals surface area contributed by atoms with Gasteiger partial charge in [0.05, 0.1) is 5.56 Å². The van der Waals surface area contributed by atoms with Crippen molar-refractivity contribution in [1.29, 1.82) is 0 Å². The minimum Gasteiger partial charge on any atom is -0.334 e. The van der Waals surface area contributed by atoms with Gasteiger partial charge in [-0.25, -0.2) is 9.67 Å². The quantitative estimate of drug-likeness (QED) is 0.742. The molecule has 0 atom stereocenters. The molecule has 0 radical (unpaired) electrons. The van der Waals surface area contributed by atoms with Crippen LogP contribution in [0.4, 0.5) is 13.2 Å². The van der Waals surface area contributed by atoms with E-state index in [1.807, 2.05) is 0 Å². The van der Waals surface area contributed by atoms with Gasteiger partial charge in [-0.15, -0.1) is 0 Å². The van der Waals surface area contributed by atoms with Gasteiger partial charge in [-0.3, -0.25) is 0 Å². The van der Waals surface area contributed by atoms with Gasteiger partial charge in [0, 0.05) is 5.56 Å². The number of aromatic nitrogens is 5. The third-order valence-electron chi connectivity index (χ3n) is 2.70. The van der Waals surface area contributed by atoms with Crippen LogP contribution in [0.1, 0.15) is 11.4 Å². The van der Waals surface area contributed by atoms with Crippen molar-refractivity contribution in [3.63, 3.8) is 0 Å². The molecule has 0 aliphatic rings. The fourth-order valence-corrected chi connectivity index (χ4v) is 1.70. The molecule has 0 aliphatic carbocycles. The van der Waals surface area contributed by atoms with E-state index in [0.717, 1.165) is 12.1 Å². The van der Waals surface area contributed by atoms with E-state index in [2.05, 4.69) is 20.2 Å². The van der Waals surface area contributed by atoms with Crippen LogP contribution in [0, 0.1) is 0 Å². The minimum atomic E-state index is -4.37. The van der Waals surface area contributed by atoms with Crippen LogP contribution in [0.3, 0.4) is 0 Å². The zero-order valence-electron chi connectivity index (χ0n) is 10.4. The summed E-state index contributed by atoms with van der Waals surface area (Å²) in [7, 11) is 0. The Labute approximate surface area is 116 Å². The number of alkyl halides is 3. The second-order valence-corrected chi connectivity index (χ2v) is 4.18. The number of hydrogen-bond donors (Lipinski definition) is 0. The molecule has 108 valence electrons. The third-order valence-corrected chi connectivity index (χ3v) is 2.70. The van der Waals surface area contributed by atoms with Crippen LogP contribution in [-0.2, 0) is 12.7 Å². The molecule has 0 saturated carbocycles. The largest absolute Gasteiger partial charge is 0.416 e. The molecule has 0 bridgehead atoms. The van der Waals surface area contributed by atoms with Crippen LogP contribution in [-0.4, -0.2) is 24.9 Å². The van der Waals surface area contributed by atoms with Crippen molar-refractivity contribution in [1.82, 2.24) is 24.9 Å². The molecule has 0 spiro atoms. The summed E-state index contributed by atoms with van der Waals surface area (Å²) < 4.78 is 43.9. The second kappa shape index (κ2) is 5.00. The Morgan fingerprint density at radius 3 is 2.52 bits per heavy atom. The molecule has 9 heteroatoms. The highest BCUT2D eigenvalue weighted by Crippen LogP contribution is 2.30. The van der Waals surface area contributed by atoms with Crippen LogP contribution >= 0.6 is 0 Å². The summed E-state index contributed by atoms with van der Waals surface area (Å²) in [5.74, 6) is 0.509. The first kappa shape index (κ1) is 13.3. The molecule has 0 fully saturated rings. The van der Waals surface area contributed by atoms with Crippen LogP contribution in [0.25, 0.3) is 11.5 Å². The molecule has 3 aromatic rings. The van der Waals surface area contributed by atoms with Crippen molar-refractivity contribution >= 4 is 0 Å². The fourth-order valence-electron chi connectivity index (χ4n) is 1.70. The molecule has 0 unspecified atom stereocenters. The van der Waals surface area contributed by atoms with Crippen molar-refractivity contribution in [2.75, 3.05) is 0 Å². The van der Waals surface area contributed by atoms with E-state index >= 15 is 0 Å². The lowest BCUT2D eigenvalue weighted by Crippen LogP contribution is -2.04.